The van der Waals surface area contributed by atoms with Gasteiger partial charge in [-0.3, -0.25) is 4.21 Å². The maximum absolute atomic E-state index is 12.0. The maximum atomic E-state index is 12.0. The molecule has 4 nitrogen and oxygen atoms in total. The Balaban J connectivity index is 1.87. The second-order valence-electron chi connectivity index (χ2n) is 6.01. The zero-order chi connectivity index (χ0) is 17.7. The molecule has 0 radical (unpaired) electrons. The van der Waals surface area contributed by atoms with Gasteiger partial charge in [-0.15, -0.1) is 0 Å². The van der Waals surface area contributed by atoms with E-state index in [-0.39, 0.29) is 6.03 Å². The summed E-state index contributed by atoms with van der Waals surface area (Å²) in [5, 5.41) is 5.74. The first-order chi connectivity index (χ1) is 11.4. The number of nitrogens with one attached hydrogen (secondary N) is 2. The molecule has 0 aromatic heterocycles. The standard InChI is InChI=1S/C19H24N2O2S/c1-13-9-14(2)18(15(3)10-13)12-21-19(22)20-11-16-5-7-17(8-6-16)24(4)23/h5-10H,11-12H2,1-4H3,(H2,20,21,22)/t24-/m0/s1. The maximum Gasteiger partial charge on any atom is 0.315 e. The quantitative estimate of drug-likeness (QED) is 0.874. The third-order valence-electron chi connectivity index (χ3n) is 3.97. The molecular formula is C19H24N2O2S. The number of amides is 2. The Bertz CT molecular complexity index is 731. The number of hydrogen-bond acceptors (Lipinski definition) is 2. The smallest absolute Gasteiger partial charge is 0.315 e. The number of benzene rings is 2. The fraction of sp³-hybridized carbons (Fsp3) is 0.316. The largest absolute Gasteiger partial charge is 0.334 e. The van der Waals surface area contributed by atoms with E-state index in [9.17, 15) is 9.00 Å². The Labute approximate surface area is 146 Å². The van der Waals surface area contributed by atoms with E-state index in [1.54, 1.807) is 6.26 Å². The van der Waals surface area contributed by atoms with E-state index in [0.717, 1.165) is 16.0 Å². The van der Waals surface area contributed by atoms with Gasteiger partial charge in [0.15, 0.2) is 0 Å². The van der Waals surface area contributed by atoms with Gasteiger partial charge >= 0.3 is 6.03 Å². The van der Waals surface area contributed by atoms with Crippen LogP contribution in [0.25, 0.3) is 0 Å². The van der Waals surface area contributed by atoms with Gasteiger partial charge in [0, 0.05) is 35.0 Å². The molecule has 0 aliphatic carbocycles. The molecule has 0 fully saturated rings. The predicted molar refractivity (Wildman–Crippen MR) is 98.5 cm³/mol. The molecule has 5 heteroatoms. The lowest BCUT2D eigenvalue weighted by Crippen LogP contribution is -2.34. The van der Waals surface area contributed by atoms with Crippen LogP contribution in [0.15, 0.2) is 41.3 Å². The van der Waals surface area contributed by atoms with Crippen molar-refractivity contribution in [1.82, 2.24) is 10.6 Å². The summed E-state index contributed by atoms with van der Waals surface area (Å²) in [7, 11) is -0.980. The van der Waals surface area contributed by atoms with E-state index in [4.69, 9.17) is 0 Å². The molecule has 24 heavy (non-hydrogen) atoms. The lowest BCUT2D eigenvalue weighted by molar-refractivity contribution is 0.240. The molecule has 1 atom stereocenters. The van der Waals surface area contributed by atoms with Crippen LogP contribution in [0.1, 0.15) is 27.8 Å². The molecule has 0 aliphatic rings. The van der Waals surface area contributed by atoms with E-state index in [2.05, 4.69) is 43.5 Å². The van der Waals surface area contributed by atoms with Crippen molar-refractivity contribution in [3.63, 3.8) is 0 Å². The minimum Gasteiger partial charge on any atom is -0.334 e. The summed E-state index contributed by atoms with van der Waals surface area (Å²) in [5.74, 6) is 0. The number of carbonyl (C=O) groups is 1. The number of urea groups is 1. The van der Waals surface area contributed by atoms with Crippen molar-refractivity contribution in [3.8, 4) is 0 Å². The summed E-state index contributed by atoms with van der Waals surface area (Å²) >= 11 is 0. The highest BCUT2D eigenvalue weighted by atomic mass is 32.2. The lowest BCUT2D eigenvalue weighted by Gasteiger charge is -2.13. The summed E-state index contributed by atoms with van der Waals surface area (Å²) < 4.78 is 11.4. The van der Waals surface area contributed by atoms with Crippen LogP contribution in [-0.4, -0.2) is 16.5 Å². The van der Waals surface area contributed by atoms with E-state index < -0.39 is 10.8 Å². The van der Waals surface area contributed by atoms with Crippen molar-refractivity contribution in [2.45, 2.75) is 38.8 Å². The van der Waals surface area contributed by atoms with Crippen molar-refractivity contribution in [3.05, 3.63) is 64.2 Å². The second-order valence-corrected chi connectivity index (χ2v) is 7.39. The number of carbonyl (C=O) groups excluding carboxylic acids is 1. The van der Waals surface area contributed by atoms with E-state index in [1.807, 2.05) is 24.3 Å². The summed E-state index contributed by atoms with van der Waals surface area (Å²) in [4.78, 5) is 12.8. The number of rotatable bonds is 5. The zero-order valence-electron chi connectivity index (χ0n) is 14.6. The summed E-state index contributed by atoms with van der Waals surface area (Å²) in [6, 6.07) is 11.5. The van der Waals surface area contributed by atoms with E-state index >= 15 is 0 Å². The Hall–Kier alpha value is -2.14. The van der Waals surface area contributed by atoms with Gasteiger partial charge in [-0.25, -0.2) is 4.79 Å². The molecule has 128 valence electrons. The van der Waals surface area contributed by atoms with Crippen LogP contribution in [0.4, 0.5) is 4.79 Å². The van der Waals surface area contributed by atoms with Crippen LogP contribution >= 0.6 is 0 Å². The highest BCUT2D eigenvalue weighted by molar-refractivity contribution is 7.84. The minimum atomic E-state index is -0.980. The van der Waals surface area contributed by atoms with E-state index in [0.29, 0.717) is 13.1 Å². The second kappa shape index (κ2) is 8.11. The first kappa shape index (κ1) is 18.2. The first-order valence-corrected chi connectivity index (χ1v) is 9.43. The van der Waals surface area contributed by atoms with Gasteiger partial charge in [-0.1, -0.05) is 29.8 Å². The molecule has 2 N–H and O–H groups in total. The topological polar surface area (TPSA) is 58.2 Å². The van der Waals surface area contributed by atoms with Crippen LogP contribution in [0.5, 0.6) is 0 Å². The number of aryl methyl sites for hydroxylation is 3. The van der Waals surface area contributed by atoms with Gasteiger partial charge in [0.25, 0.3) is 0 Å². The van der Waals surface area contributed by atoms with Gasteiger partial charge in [0.05, 0.1) is 0 Å². The molecule has 0 saturated heterocycles. The molecule has 0 heterocycles. The predicted octanol–water partition coefficient (Wildman–Crippen LogP) is 3.35. The monoisotopic (exact) mass is 344 g/mol. The zero-order valence-corrected chi connectivity index (χ0v) is 15.4. The molecular weight excluding hydrogens is 320 g/mol. The Morgan fingerprint density at radius 1 is 0.958 bits per heavy atom. The van der Waals surface area contributed by atoms with Gasteiger partial charge < -0.3 is 10.6 Å². The third kappa shape index (κ3) is 4.93. The lowest BCUT2D eigenvalue weighted by atomic mass is 10.00. The normalized spacial score (nSPS) is 11.8. The van der Waals surface area contributed by atoms with Crippen LogP contribution in [0.2, 0.25) is 0 Å². The summed E-state index contributed by atoms with van der Waals surface area (Å²) in [6.45, 7) is 7.15. The third-order valence-corrected chi connectivity index (χ3v) is 4.91. The molecule has 2 aromatic carbocycles. The molecule has 0 bridgehead atoms. The van der Waals surface area contributed by atoms with Crippen LogP contribution < -0.4 is 10.6 Å². The Kier molecular flexibility index (Phi) is 6.15. The minimum absolute atomic E-state index is 0.197. The van der Waals surface area contributed by atoms with Crippen LogP contribution in [-0.2, 0) is 23.9 Å². The first-order valence-electron chi connectivity index (χ1n) is 7.87. The average molecular weight is 344 g/mol. The highest BCUT2D eigenvalue weighted by Crippen LogP contribution is 2.16. The fourth-order valence-corrected chi connectivity index (χ4v) is 3.22. The Morgan fingerprint density at radius 2 is 1.50 bits per heavy atom. The fourth-order valence-electron chi connectivity index (χ4n) is 2.70. The molecule has 0 aliphatic heterocycles. The van der Waals surface area contributed by atoms with Gasteiger partial charge in [0.1, 0.15) is 0 Å². The molecule has 2 aromatic rings. The summed E-state index contributed by atoms with van der Waals surface area (Å²) in [6.07, 6.45) is 1.65. The Morgan fingerprint density at radius 3 is 2.04 bits per heavy atom. The molecule has 0 spiro atoms. The highest BCUT2D eigenvalue weighted by Gasteiger charge is 2.06. The molecule has 2 amide bonds. The summed E-state index contributed by atoms with van der Waals surface area (Å²) in [5.41, 5.74) is 5.74. The van der Waals surface area contributed by atoms with Crippen molar-refractivity contribution in [2.24, 2.45) is 0 Å². The van der Waals surface area contributed by atoms with Crippen LogP contribution in [0.3, 0.4) is 0 Å². The molecule has 0 saturated carbocycles. The van der Waals surface area contributed by atoms with Crippen molar-refractivity contribution in [1.29, 1.82) is 0 Å². The van der Waals surface area contributed by atoms with E-state index in [1.165, 1.54) is 16.7 Å². The van der Waals surface area contributed by atoms with Crippen molar-refractivity contribution in [2.75, 3.05) is 6.26 Å². The van der Waals surface area contributed by atoms with Crippen molar-refractivity contribution < 1.29 is 9.00 Å². The van der Waals surface area contributed by atoms with Gasteiger partial charge in [0.2, 0.25) is 0 Å². The van der Waals surface area contributed by atoms with Crippen molar-refractivity contribution >= 4 is 16.8 Å². The molecule has 2 rings (SSSR count). The van der Waals surface area contributed by atoms with Gasteiger partial charge in [-0.05, 0) is 55.2 Å². The SMILES string of the molecule is Cc1cc(C)c(CNC(=O)NCc2ccc([S@](C)=O)cc2)c(C)c1. The average Bonchev–Trinajstić information content (AvgIpc) is 2.52. The number of hydrogen-bond donors (Lipinski definition) is 2. The van der Waals surface area contributed by atoms with Gasteiger partial charge in [-0.2, -0.15) is 0 Å². The molecule has 0 unspecified atom stereocenters. The van der Waals surface area contributed by atoms with Crippen LogP contribution in [0, 0.1) is 20.8 Å².